The van der Waals surface area contributed by atoms with Gasteiger partial charge in [0.1, 0.15) is 11.6 Å². The van der Waals surface area contributed by atoms with E-state index in [-0.39, 0.29) is 18.0 Å². The summed E-state index contributed by atoms with van der Waals surface area (Å²) in [5.74, 6) is -3.46. The second kappa shape index (κ2) is 7.68. The quantitative estimate of drug-likeness (QED) is 0.845. The summed E-state index contributed by atoms with van der Waals surface area (Å²) in [6.45, 7) is 1.87. The van der Waals surface area contributed by atoms with Gasteiger partial charge in [0.2, 0.25) is 5.91 Å². The van der Waals surface area contributed by atoms with Gasteiger partial charge in [-0.2, -0.15) is 0 Å². The molecular formula is C18H17F2NO3. The summed E-state index contributed by atoms with van der Waals surface area (Å²) < 4.78 is 31.8. The maximum absolute atomic E-state index is 13.8. The first-order valence-electron chi connectivity index (χ1n) is 7.34. The highest BCUT2D eigenvalue weighted by molar-refractivity contribution is 5.95. The van der Waals surface area contributed by atoms with Gasteiger partial charge in [-0.1, -0.05) is 37.3 Å². The van der Waals surface area contributed by atoms with Gasteiger partial charge >= 0.3 is 5.97 Å². The van der Waals surface area contributed by atoms with Crippen LogP contribution in [0.2, 0.25) is 0 Å². The van der Waals surface area contributed by atoms with Crippen molar-refractivity contribution in [1.29, 1.82) is 0 Å². The number of hydrogen-bond donors (Lipinski definition) is 1. The minimum Gasteiger partial charge on any atom is -0.465 e. The average molecular weight is 333 g/mol. The number of benzene rings is 2. The molecule has 1 amide bonds. The van der Waals surface area contributed by atoms with Crippen molar-refractivity contribution in [3.8, 4) is 0 Å². The van der Waals surface area contributed by atoms with Crippen LogP contribution in [0.4, 0.5) is 14.5 Å². The number of carbonyl (C=O) groups is 2. The topological polar surface area (TPSA) is 55.4 Å². The van der Waals surface area contributed by atoms with Crippen LogP contribution in [-0.2, 0) is 9.53 Å². The lowest BCUT2D eigenvalue weighted by molar-refractivity contribution is -0.116. The maximum atomic E-state index is 13.8. The van der Waals surface area contributed by atoms with Crippen LogP contribution in [0.1, 0.15) is 35.2 Å². The first-order chi connectivity index (χ1) is 11.4. The maximum Gasteiger partial charge on any atom is 0.340 e. The largest absolute Gasteiger partial charge is 0.465 e. The first kappa shape index (κ1) is 17.6. The molecule has 24 heavy (non-hydrogen) atoms. The first-order valence-corrected chi connectivity index (χ1v) is 7.34. The van der Waals surface area contributed by atoms with Crippen molar-refractivity contribution in [2.75, 3.05) is 12.4 Å². The van der Waals surface area contributed by atoms with Crippen molar-refractivity contribution in [2.24, 2.45) is 0 Å². The Balaban J connectivity index is 2.12. The molecule has 4 nitrogen and oxygen atoms in total. The molecule has 0 fully saturated rings. The molecule has 1 N–H and O–H groups in total. The summed E-state index contributed by atoms with van der Waals surface area (Å²) in [4.78, 5) is 23.5. The van der Waals surface area contributed by atoms with Gasteiger partial charge < -0.3 is 10.1 Å². The molecule has 0 aromatic heterocycles. The van der Waals surface area contributed by atoms with Crippen LogP contribution >= 0.6 is 0 Å². The predicted molar refractivity (Wildman–Crippen MR) is 85.8 cm³/mol. The molecular weight excluding hydrogens is 316 g/mol. The van der Waals surface area contributed by atoms with Crippen LogP contribution in [0.15, 0.2) is 42.5 Å². The van der Waals surface area contributed by atoms with Gasteiger partial charge in [-0.3, -0.25) is 4.79 Å². The Morgan fingerprint density at radius 2 is 1.79 bits per heavy atom. The van der Waals surface area contributed by atoms with Gasteiger partial charge in [0, 0.05) is 12.5 Å². The Morgan fingerprint density at radius 3 is 2.42 bits per heavy atom. The summed E-state index contributed by atoms with van der Waals surface area (Å²) >= 11 is 0. The number of ether oxygens (including phenoxy) is 1. The third kappa shape index (κ3) is 4.16. The van der Waals surface area contributed by atoms with Gasteiger partial charge in [-0.25, -0.2) is 13.6 Å². The molecule has 1 atom stereocenters. The van der Waals surface area contributed by atoms with E-state index in [0.29, 0.717) is 6.07 Å². The number of methoxy groups -OCH3 is 1. The van der Waals surface area contributed by atoms with E-state index in [4.69, 9.17) is 0 Å². The zero-order valence-corrected chi connectivity index (χ0v) is 13.3. The summed E-state index contributed by atoms with van der Waals surface area (Å²) in [7, 11) is 1.09. The highest BCUT2D eigenvalue weighted by Crippen LogP contribution is 2.23. The summed E-state index contributed by atoms with van der Waals surface area (Å²) in [5, 5.41) is 2.37. The molecule has 0 radical (unpaired) electrons. The highest BCUT2D eigenvalue weighted by atomic mass is 19.1. The predicted octanol–water partition coefficient (Wildman–Crippen LogP) is 3.88. The number of anilines is 1. The molecule has 6 heteroatoms. The number of amides is 1. The molecule has 0 bridgehead atoms. The molecule has 126 valence electrons. The monoisotopic (exact) mass is 333 g/mol. The molecule has 2 aromatic carbocycles. The van der Waals surface area contributed by atoms with E-state index in [1.165, 1.54) is 0 Å². The third-order valence-electron chi connectivity index (χ3n) is 3.60. The van der Waals surface area contributed by atoms with Gasteiger partial charge in [0.05, 0.1) is 18.4 Å². The molecule has 0 heterocycles. The van der Waals surface area contributed by atoms with Crippen LogP contribution in [-0.4, -0.2) is 19.0 Å². The third-order valence-corrected chi connectivity index (χ3v) is 3.60. The fourth-order valence-electron chi connectivity index (χ4n) is 2.29. The molecule has 0 aliphatic carbocycles. The second-order valence-corrected chi connectivity index (χ2v) is 5.37. The fourth-order valence-corrected chi connectivity index (χ4v) is 2.29. The smallest absolute Gasteiger partial charge is 0.340 e. The Morgan fingerprint density at radius 1 is 1.12 bits per heavy atom. The van der Waals surface area contributed by atoms with E-state index < -0.39 is 29.1 Å². The zero-order valence-electron chi connectivity index (χ0n) is 13.3. The second-order valence-electron chi connectivity index (χ2n) is 5.37. The standard InChI is InChI=1S/C18H17F2NO3/c1-11(12-6-4-3-5-7-12)8-17(22)21-16-9-13(18(23)24-2)14(19)10-15(16)20/h3-7,9-11H,8H2,1-2H3,(H,21,22). The minimum absolute atomic E-state index is 0.0743. The van der Waals surface area contributed by atoms with Crippen LogP contribution in [0.3, 0.4) is 0 Å². The molecule has 0 spiro atoms. The number of rotatable bonds is 5. The van der Waals surface area contributed by atoms with Crippen molar-refractivity contribution in [2.45, 2.75) is 19.3 Å². The molecule has 2 aromatic rings. The summed E-state index contributed by atoms with van der Waals surface area (Å²) in [5.41, 5.74) is 0.273. The molecule has 0 saturated heterocycles. The molecule has 0 aliphatic rings. The lowest BCUT2D eigenvalue weighted by Crippen LogP contribution is -2.16. The average Bonchev–Trinajstić information content (AvgIpc) is 2.57. The number of carbonyl (C=O) groups excluding carboxylic acids is 2. The van der Waals surface area contributed by atoms with E-state index in [9.17, 15) is 18.4 Å². The van der Waals surface area contributed by atoms with Gasteiger partial charge in [0.25, 0.3) is 0 Å². The van der Waals surface area contributed by atoms with Crippen molar-refractivity contribution in [3.05, 3.63) is 65.2 Å². The number of hydrogen-bond acceptors (Lipinski definition) is 3. The van der Waals surface area contributed by atoms with Gasteiger partial charge in [-0.05, 0) is 17.5 Å². The van der Waals surface area contributed by atoms with Gasteiger partial charge in [0.15, 0.2) is 0 Å². The normalized spacial score (nSPS) is 11.7. The van der Waals surface area contributed by atoms with E-state index in [1.54, 1.807) is 0 Å². The Kier molecular flexibility index (Phi) is 5.63. The molecule has 0 aliphatic heterocycles. The van der Waals surface area contributed by atoms with Crippen LogP contribution in [0, 0.1) is 11.6 Å². The lowest BCUT2D eigenvalue weighted by Gasteiger charge is -2.13. The van der Waals surface area contributed by atoms with E-state index in [2.05, 4.69) is 10.1 Å². The van der Waals surface area contributed by atoms with Crippen molar-refractivity contribution in [3.63, 3.8) is 0 Å². The molecule has 1 unspecified atom stereocenters. The van der Waals surface area contributed by atoms with Crippen molar-refractivity contribution >= 4 is 17.6 Å². The van der Waals surface area contributed by atoms with Crippen molar-refractivity contribution < 1.29 is 23.1 Å². The minimum atomic E-state index is -1.05. The zero-order chi connectivity index (χ0) is 17.7. The van der Waals surface area contributed by atoms with E-state index >= 15 is 0 Å². The summed E-state index contributed by atoms with van der Waals surface area (Å²) in [6, 6.07) is 10.9. The van der Waals surface area contributed by atoms with Crippen LogP contribution in [0.5, 0.6) is 0 Å². The number of nitrogens with one attached hydrogen (secondary N) is 1. The number of halogens is 2. The SMILES string of the molecule is COC(=O)c1cc(NC(=O)CC(C)c2ccccc2)c(F)cc1F. The Labute approximate surface area is 138 Å². The Hall–Kier alpha value is -2.76. The van der Waals surface area contributed by atoms with Crippen molar-refractivity contribution in [1.82, 2.24) is 0 Å². The Bertz CT molecular complexity index is 747. The fraction of sp³-hybridized carbons (Fsp3) is 0.222. The molecule has 2 rings (SSSR count). The van der Waals surface area contributed by atoms with E-state index in [0.717, 1.165) is 18.7 Å². The lowest BCUT2D eigenvalue weighted by atomic mass is 9.97. The highest BCUT2D eigenvalue weighted by Gasteiger charge is 2.18. The number of esters is 1. The van der Waals surface area contributed by atoms with Gasteiger partial charge in [-0.15, -0.1) is 0 Å². The summed E-state index contributed by atoms with van der Waals surface area (Å²) in [6.07, 6.45) is 0.119. The van der Waals surface area contributed by atoms with Crippen LogP contribution in [0.25, 0.3) is 0 Å². The molecule has 0 saturated carbocycles. The van der Waals surface area contributed by atoms with Crippen LogP contribution < -0.4 is 5.32 Å². The van der Waals surface area contributed by atoms with E-state index in [1.807, 2.05) is 37.3 Å².